The van der Waals surface area contributed by atoms with Crippen LogP contribution in [-0.4, -0.2) is 86.4 Å². The molecule has 0 spiro atoms. The Morgan fingerprint density at radius 2 is 0.829 bits per heavy atom. The number of Topliss-reactive ketones (excluding diaryl/α,β-unsaturated/α-hetero) is 2. The predicted molar refractivity (Wildman–Crippen MR) is 156 cm³/mol. The van der Waals surface area contributed by atoms with Crippen LogP contribution in [0.3, 0.4) is 0 Å². The van der Waals surface area contributed by atoms with Crippen molar-refractivity contribution in [2.45, 2.75) is 117 Å². The number of unbranched alkanes of at least 4 members (excludes halogenated alkanes) is 12. The molecule has 208 valence electrons. The summed E-state index contributed by atoms with van der Waals surface area (Å²) in [6.45, 7) is 7.86. The minimum atomic E-state index is 0.422. The van der Waals surface area contributed by atoms with Gasteiger partial charge in [-0.15, -0.1) is 0 Å². The zero-order valence-corrected chi connectivity index (χ0v) is 25.5. The van der Waals surface area contributed by atoms with E-state index in [2.05, 4.69) is 42.0 Å². The Morgan fingerprint density at radius 3 is 1.17 bits per heavy atom. The summed E-state index contributed by atoms with van der Waals surface area (Å²) in [5.74, 6) is 2.99. The maximum Gasteiger partial charge on any atom is 0.186 e. The number of hydrogen-bond acceptors (Lipinski definition) is 3. The van der Waals surface area contributed by atoms with E-state index in [1.165, 1.54) is 77.0 Å². The third-order valence-electron chi connectivity index (χ3n) is 7.01. The molecule has 0 unspecified atom stereocenters. The average Bonchev–Trinajstić information content (AvgIpc) is 2.76. The number of rotatable bonds is 26. The van der Waals surface area contributed by atoms with Crippen molar-refractivity contribution < 1.29 is 18.6 Å². The van der Waals surface area contributed by atoms with Crippen LogP contribution in [0.25, 0.3) is 0 Å². The van der Waals surface area contributed by atoms with Crippen LogP contribution in [0, 0.1) is 0 Å². The van der Waals surface area contributed by atoms with Crippen molar-refractivity contribution in [1.29, 1.82) is 0 Å². The largest absolute Gasteiger partial charge is 0.322 e. The zero-order chi connectivity index (χ0) is 26.4. The van der Waals surface area contributed by atoms with Crippen LogP contribution in [0.4, 0.5) is 0 Å². The first-order valence-electron chi connectivity index (χ1n) is 14.9. The fourth-order valence-corrected chi connectivity index (χ4v) is 6.01. The molecule has 0 atom stereocenters. The van der Waals surface area contributed by atoms with Crippen molar-refractivity contribution in [3.8, 4) is 0 Å². The van der Waals surface area contributed by atoms with Gasteiger partial charge in [-0.25, -0.2) is 0 Å². The van der Waals surface area contributed by atoms with Crippen molar-refractivity contribution in [3.63, 3.8) is 0 Å². The predicted octanol–water partition coefficient (Wildman–Crippen LogP) is 7.29. The number of quaternary nitrogens is 2. The van der Waals surface area contributed by atoms with E-state index >= 15 is 0 Å². The summed E-state index contributed by atoms with van der Waals surface area (Å²) >= 11 is 1.97. The van der Waals surface area contributed by atoms with Crippen LogP contribution in [0.2, 0.25) is 0 Å². The minimum absolute atomic E-state index is 0.422. The van der Waals surface area contributed by atoms with Gasteiger partial charge in [-0.2, -0.15) is 11.8 Å². The Hall–Kier alpha value is -0.390. The van der Waals surface area contributed by atoms with Crippen LogP contribution < -0.4 is 0 Å². The van der Waals surface area contributed by atoms with Crippen LogP contribution in [0.5, 0.6) is 0 Å². The van der Waals surface area contributed by atoms with E-state index in [0.717, 1.165) is 59.2 Å². The Balaban J connectivity index is 3.85. The van der Waals surface area contributed by atoms with Gasteiger partial charge in [-0.3, -0.25) is 9.59 Å². The van der Waals surface area contributed by atoms with E-state index in [9.17, 15) is 9.59 Å². The van der Waals surface area contributed by atoms with Crippen LogP contribution in [-0.2, 0) is 9.59 Å². The number of hydrogen-bond donors (Lipinski definition) is 0. The van der Waals surface area contributed by atoms with Crippen molar-refractivity contribution in [2.24, 2.45) is 0 Å². The lowest BCUT2D eigenvalue weighted by molar-refractivity contribution is -0.880. The molecule has 5 heteroatoms. The molecule has 0 rings (SSSR count). The molecule has 4 nitrogen and oxygen atoms in total. The van der Waals surface area contributed by atoms with E-state index in [4.69, 9.17) is 0 Å². The number of likely N-dealkylation sites (N-methyl/N-ethyl adjacent to an activating group) is 2. The summed E-state index contributed by atoms with van der Waals surface area (Å²) in [5.41, 5.74) is 0. The number of carbonyl (C=O) groups excluding carboxylic acids is 2. The standard InChI is InChI=1S/C30H62N2O2S/c1-7-9-11-13-15-17-19-21-29(33)27-31(3,4)23-25-35-26-24-32(5,6)28-30(34)22-20-18-16-14-12-10-8-2/h7-28H2,1-6H3/q+2. The molecule has 0 aromatic rings. The van der Waals surface area contributed by atoms with Gasteiger partial charge in [0.05, 0.1) is 41.3 Å². The lowest BCUT2D eigenvalue weighted by atomic mass is 10.1. The van der Waals surface area contributed by atoms with E-state index in [1.54, 1.807) is 0 Å². The first-order chi connectivity index (χ1) is 16.6. The molecule has 0 aliphatic carbocycles. The van der Waals surface area contributed by atoms with E-state index < -0.39 is 0 Å². The van der Waals surface area contributed by atoms with E-state index in [-0.39, 0.29) is 0 Å². The van der Waals surface area contributed by atoms with Crippen LogP contribution in [0.1, 0.15) is 117 Å². The quantitative estimate of drug-likeness (QED) is 0.0897. The van der Waals surface area contributed by atoms with Crippen molar-refractivity contribution in [3.05, 3.63) is 0 Å². The van der Waals surface area contributed by atoms with E-state index in [1.807, 2.05) is 11.8 Å². The van der Waals surface area contributed by atoms with Crippen molar-refractivity contribution >= 4 is 23.3 Å². The molecule has 0 aromatic carbocycles. The highest BCUT2D eigenvalue weighted by Crippen LogP contribution is 2.13. The number of thioether (sulfide) groups is 1. The molecule has 0 bridgehead atoms. The zero-order valence-electron chi connectivity index (χ0n) is 24.7. The van der Waals surface area contributed by atoms with Gasteiger partial charge in [0.1, 0.15) is 13.1 Å². The second-order valence-electron chi connectivity index (χ2n) is 12.1. The fraction of sp³-hybridized carbons (Fsp3) is 0.933. The summed E-state index contributed by atoms with van der Waals surface area (Å²) in [6.07, 6.45) is 19.2. The Kier molecular flexibility index (Phi) is 21.4. The van der Waals surface area contributed by atoms with Crippen LogP contribution in [0.15, 0.2) is 0 Å². The number of carbonyl (C=O) groups is 2. The second kappa shape index (κ2) is 21.7. The van der Waals surface area contributed by atoms with Gasteiger partial charge in [-0.05, 0) is 12.8 Å². The molecule has 0 aromatic heterocycles. The summed E-state index contributed by atoms with van der Waals surface area (Å²) < 4.78 is 1.58. The fourth-order valence-electron chi connectivity index (χ4n) is 4.56. The van der Waals surface area contributed by atoms with Gasteiger partial charge in [0.25, 0.3) is 0 Å². The maximum absolute atomic E-state index is 12.4. The highest BCUT2D eigenvalue weighted by atomic mass is 32.2. The summed E-state index contributed by atoms with van der Waals surface area (Å²) in [4.78, 5) is 24.8. The summed E-state index contributed by atoms with van der Waals surface area (Å²) in [5, 5.41) is 0. The lowest BCUT2D eigenvalue weighted by Gasteiger charge is -2.30. The monoisotopic (exact) mass is 514 g/mol. The Labute approximate surface area is 224 Å². The SMILES string of the molecule is CCCCCCCCCC(=O)C[N+](C)(C)CCSCC[N+](C)(C)CC(=O)CCCCCCCCC. The molecule has 0 saturated carbocycles. The Morgan fingerprint density at radius 1 is 0.514 bits per heavy atom. The molecule has 0 amide bonds. The highest BCUT2D eigenvalue weighted by Gasteiger charge is 2.21. The molecular formula is C30H62N2O2S+2. The Bertz CT molecular complexity index is 488. The third-order valence-corrected chi connectivity index (χ3v) is 7.95. The van der Waals surface area contributed by atoms with Crippen molar-refractivity contribution in [2.75, 3.05) is 65.9 Å². The molecule has 0 saturated heterocycles. The first kappa shape index (κ1) is 34.6. The minimum Gasteiger partial charge on any atom is -0.322 e. The molecule has 0 aliphatic rings. The van der Waals surface area contributed by atoms with E-state index in [0.29, 0.717) is 24.7 Å². The number of ketones is 2. The summed E-state index contributed by atoms with van der Waals surface area (Å²) in [6, 6.07) is 0. The van der Waals surface area contributed by atoms with Crippen LogP contribution >= 0.6 is 11.8 Å². The van der Waals surface area contributed by atoms with Crippen molar-refractivity contribution in [1.82, 2.24) is 0 Å². The normalized spacial score (nSPS) is 12.3. The first-order valence-corrected chi connectivity index (χ1v) is 16.0. The van der Waals surface area contributed by atoms with Gasteiger partial charge in [0.2, 0.25) is 0 Å². The summed E-state index contributed by atoms with van der Waals surface area (Å²) in [7, 11) is 8.74. The molecule has 0 aliphatic heterocycles. The highest BCUT2D eigenvalue weighted by molar-refractivity contribution is 7.99. The molecule has 0 radical (unpaired) electrons. The average molecular weight is 515 g/mol. The van der Waals surface area contributed by atoms with Gasteiger partial charge in [0, 0.05) is 24.3 Å². The molecule has 0 N–H and O–H groups in total. The second-order valence-corrected chi connectivity index (χ2v) is 13.3. The van der Waals surface area contributed by atoms with Gasteiger partial charge in [0.15, 0.2) is 11.6 Å². The smallest absolute Gasteiger partial charge is 0.186 e. The lowest BCUT2D eigenvalue weighted by Crippen LogP contribution is -2.46. The van der Waals surface area contributed by atoms with Gasteiger partial charge >= 0.3 is 0 Å². The third kappa shape index (κ3) is 23.7. The topological polar surface area (TPSA) is 34.1 Å². The molecule has 35 heavy (non-hydrogen) atoms. The molecule has 0 fully saturated rings. The maximum atomic E-state index is 12.4. The number of nitrogens with zero attached hydrogens (tertiary/aromatic N) is 2. The van der Waals surface area contributed by atoms with Gasteiger partial charge < -0.3 is 8.97 Å². The molecular weight excluding hydrogens is 452 g/mol. The molecule has 0 heterocycles. The van der Waals surface area contributed by atoms with Gasteiger partial charge in [-0.1, -0.05) is 90.9 Å².